The summed E-state index contributed by atoms with van der Waals surface area (Å²) in [5, 5.41) is 9.93. The molecule has 2 amide bonds. The monoisotopic (exact) mass is 279 g/mol. The summed E-state index contributed by atoms with van der Waals surface area (Å²) in [4.78, 5) is 23.3. The highest BCUT2D eigenvalue weighted by Crippen LogP contribution is 2.19. The lowest BCUT2D eigenvalue weighted by Crippen LogP contribution is -2.33. The molecule has 0 aliphatic heterocycles. The van der Waals surface area contributed by atoms with Crippen molar-refractivity contribution < 1.29 is 9.59 Å². The van der Waals surface area contributed by atoms with Gasteiger partial charge in [0.2, 0.25) is 0 Å². The summed E-state index contributed by atoms with van der Waals surface area (Å²) in [6, 6.07) is 5.01. The van der Waals surface area contributed by atoms with E-state index in [-0.39, 0.29) is 0 Å². The van der Waals surface area contributed by atoms with Crippen LogP contribution in [0, 0.1) is 6.92 Å². The molecule has 0 bridgehead atoms. The Hall–Kier alpha value is -2.41. The van der Waals surface area contributed by atoms with E-state index >= 15 is 0 Å². The first-order chi connectivity index (χ1) is 9.06. The number of amides is 2. The smallest absolute Gasteiger partial charge is 0.317 e. The van der Waals surface area contributed by atoms with Crippen LogP contribution in [0.1, 0.15) is 5.56 Å². The van der Waals surface area contributed by atoms with Gasteiger partial charge in [0, 0.05) is 10.7 Å². The molecular formula is C11H10ClN5O2. The van der Waals surface area contributed by atoms with Gasteiger partial charge >= 0.3 is 11.8 Å². The van der Waals surface area contributed by atoms with E-state index in [0.29, 0.717) is 10.7 Å². The Morgan fingerprint density at radius 2 is 1.89 bits per heavy atom. The van der Waals surface area contributed by atoms with Gasteiger partial charge in [-0.05, 0) is 24.6 Å². The third kappa shape index (κ3) is 3.29. The van der Waals surface area contributed by atoms with E-state index in [4.69, 9.17) is 11.6 Å². The number of aromatic nitrogens is 3. The Bertz CT molecular complexity index is 612. The number of hydrogen-bond acceptors (Lipinski definition) is 4. The van der Waals surface area contributed by atoms with Crippen LogP contribution in [0.3, 0.4) is 0 Å². The largest absolute Gasteiger partial charge is 0.328 e. The lowest BCUT2D eigenvalue weighted by atomic mass is 10.2. The normalized spacial score (nSPS) is 10.0. The highest BCUT2D eigenvalue weighted by atomic mass is 35.5. The first kappa shape index (κ1) is 13.0. The Balaban J connectivity index is 2.04. The lowest BCUT2D eigenvalue weighted by molar-refractivity contribution is -0.133. The van der Waals surface area contributed by atoms with Crippen molar-refractivity contribution in [1.82, 2.24) is 14.9 Å². The van der Waals surface area contributed by atoms with Crippen LogP contribution in [-0.2, 0) is 9.59 Å². The minimum atomic E-state index is -0.834. The van der Waals surface area contributed by atoms with Crippen LogP contribution in [0.15, 0.2) is 30.9 Å². The van der Waals surface area contributed by atoms with Crippen molar-refractivity contribution in [3.63, 3.8) is 0 Å². The summed E-state index contributed by atoms with van der Waals surface area (Å²) in [6.45, 7) is 1.80. The fourth-order valence-corrected chi connectivity index (χ4v) is 1.51. The van der Waals surface area contributed by atoms with Gasteiger partial charge in [0.05, 0.1) is 0 Å². The average molecular weight is 280 g/mol. The molecule has 1 aromatic heterocycles. The van der Waals surface area contributed by atoms with E-state index in [0.717, 1.165) is 5.56 Å². The minimum absolute atomic E-state index is 0.472. The van der Waals surface area contributed by atoms with Gasteiger partial charge in [-0.15, -0.1) is 10.2 Å². The maximum atomic E-state index is 11.7. The molecule has 7 nitrogen and oxygen atoms in total. The van der Waals surface area contributed by atoms with Crippen LogP contribution in [0.25, 0.3) is 0 Å². The lowest BCUT2D eigenvalue weighted by Gasteiger charge is -2.08. The van der Waals surface area contributed by atoms with Crippen LogP contribution in [0.2, 0.25) is 5.02 Å². The van der Waals surface area contributed by atoms with Gasteiger partial charge in [0.1, 0.15) is 12.7 Å². The topological polar surface area (TPSA) is 88.9 Å². The van der Waals surface area contributed by atoms with Gasteiger partial charge in [0.25, 0.3) is 0 Å². The molecule has 2 aromatic rings. The van der Waals surface area contributed by atoms with Crippen molar-refractivity contribution >= 4 is 29.1 Å². The fourth-order valence-electron chi connectivity index (χ4n) is 1.33. The molecular weight excluding hydrogens is 270 g/mol. The molecule has 1 aromatic carbocycles. The maximum absolute atomic E-state index is 11.7. The predicted octanol–water partition coefficient (Wildman–Crippen LogP) is 0.949. The van der Waals surface area contributed by atoms with Crippen molar-refractivity contribution in [1.29, 1.82) is 0 Å². The number of nitrogens with one attached hydrogen (secondary N) is 2. The predicted molar refractivity (Wildman–Crippen MR) is 69.2 cm³/mol. The van der Waals surface area contributed by atoms with E-state index in [1.807, 2.05) is 0 Å². The highest BCUT2D eigenvalue weighted by molar-refractivity contribution is 6.42. The summed E-state index contributed by atoms with van der Waals surface area (Å²) in [5.41, 5.74) is 3.57. The second kappa shape index (κ2) is 5.49. The number of anilines is 1. The van der Waals surface area contributed by atoms with Crippen molar-refractivity contribution in [2.24, 2.45) is 0 Å². The van der Waals surface area contributed by atoms with E-state index < -0.39 is 11.8 Å². The fraction of sp³-hybridized carbons (Fsp3) is 0.0909. The second-order valence-electron chi connectivity index (χ2n) is 3.72. The molecule has 8 heteroatoms. The number of rotatable bonds is 2. The van der Waals surface area contributed by atoms with Gasteiger partial charge in [0.15, 0.2) is 0 Å². The minimum Gasteiger partial charge on any atom is -0.317 e. The molecule has 0 saturated heterocycles. The van der Waals surface area contributed by atoms with Crippen LogP contribution in [0.5, 0.6) is 0 Å². The zero-order chi connectivity index (χ0) is 13.8. The molecule has 19 heavy (non-hydrogen) atoms. The Labute approximate surface area is 113 Å². The average Bonchev–Trinajstić information content (AvgIpc) is 2.86. The van der Waals surface area contributed by atoms with Crippen LogP contribution in [-0.4, -0.2) is 26.7 Å². The second-order valence-corrected chi connectivity index (χ2v) is 4.16. The van der Waals surface area contributed by atoms with Crippen molar-refractivity contribution in [2.45, 2.75) is 6.92 Å². The maximum Gasteiger partial charge on any atom is 0.328 e. The molecule has 1 heterocycles. The third-order valence-corrected chi connectivity index (χ3v) is 2.54. The molecule has 2 rings (SSSR count). The van der Waals surface area contributed by atoms with E-state index in [9.17, 15) is 9.59 Å². The molecule has 0 fully saturated rings. The molecule has 0 aliphatic carbocycles. The van der Waals surface area contributed by atoms with E-state index in [1.54, 1.807) is 25.1 Å². The summed E-state index contributed by atoms with van der Waals surface area (Å²) < 4.78 is 1.17. The molecule has 2 N–H and O–H groups in total. The standard InChI is InChI=1S/C11H10ClN5O2/c1-7-2-3-8(12)4-9(7)15-10(18)11(19)16-17-5-13-14-6-17/h2-6H,1H3,(H,15,18)(H,16,19). The van der Waals surface area contributed by atoms with Crippen molar-refractivity contribution in [3.05, 3.63) is 41.4 Å². The number of hydrogen-bond donors (Lipinski definition) is 2. The first-order valence-electron chi connectivity index (χ1n) is 5.29. The number of nitrogens with zero attached hydrogens (tertiary/aromatic N) is 3. The zero-order valence-corrected chi connectivity index (χ0v) is 10.7. The van der Waals surface area contributed by atoms with Gasteiger partial charge in [-0.1, -0.05) is 17.7 Å². The SMILES string of the molecule is Cc1ccc(Cl)cc1NC(=O)C(=O)Nn1cnnc1. The Kier molecular flexibility index (Phi) is 3.76. The molecule has 0 spiro atoms. The molecule has 98 valence electrons. The number of benzene rings is 1. The van der Waals surface area contributed by atoms with Crippen LogP contribution in [0.4, 0.5) is 5.69 Å². The van der Waals surface area contributed by atoms with Crippen molar-refractivity contribution in [2.75, 3.05) is 10.7 Å². The molecule has 0 aliphatic rings. The molecule has 0 unspecified atom stereocenters. The molecule has 0 saturated carbocycles. The van der Waals surface area contributed by atoms with Crippen LogP contribution < -0.4 is 10.7 Å². The van der Waals surface area contributed by atoms with Crippen molar-refractivity contribution in [3.8, 4) is 0 Å². The van der Waals surface area contributed by atoms with E-state index in [1.165, 1.54) is 17.3 Å². The van der Waals surface area contributed by atoms with E-state index in [2.05, 4.69) is 20.9 Å². The quantitative estimate of drug-likeness (QED) is 0.801. The summed E-state index contributed by atoms with van der Waals surface area (Å²) in [5.74, 6) is -1.64. The zero-order valence-electron chi connectivity index (χ0n) is 9.92. The van der Waals surface area contributed by atoms with Gasteiger partial charge in [-0.2, -0.15) is 0 Å². The van der Waals surface area contributed by atoms with Crippen LogP contribution >= 0.6 is 11.6 Å². The number of aryl methyl sites for hydroxylation is 1. The summed E-state index contributed by atoms with van der Waals surface area (Å²) >= 11 is 5.82. The number of carbonyl (C=O) groups excluding carboxylic acids is 2. The highest BCUT2D eigenvalue weighted by Gasteiger charge is 2.15. The Morgan fingerprint density at radius 1 is 1.21 bits per heavy atom. The third-order valence-electron chi connectivity index (χ3n) is 2.30. The summed E-state index contributed by atoms with van der Waals surface area (Å²) in [7, 11) is 0. The molecule has 0 atom stereocenters. The number of halogens is 1. The van der Waals surface area contributed by atoms with Gasteiger partial charge in [-0.3, -0.25) is 15.0 Å². The number of carbonyl (C=O) groups is 2. The Morgan fingerprint density at radius 3 is 2.58 bits per heavy atom. The summed E-state index contributed by atoms with van der Waals surface area (Å²) in [6.07, 6.45) is 2.52. The van der Waals surface area contributed by atoms with Gasteiger partial charge in [-0.25, -0.2) is 4.68 Å². The molecule has 0 radical (unpaired) electrons. The first-order valence-corrected chi connectivity index (χ1v) is 5.67. The van der Waals surface area contributed by atoms with Gasteiger partial charge < -0.3 is 5.32 Å².